The molecule has 7 heteroatoms. The molecule has 1 aromatic heterocycles. The predicted molar refractivity (Wildman–Crippen MR) is 106 cm³/mol. The van der Waals surface area contributed by atoms with Crippen molar-refractivity contribution in [1.29, 1.82) is 0 Å². The molecule has 0 aromatic carbocycles. The summed E-state index contributed by atoms with van der Waals surface area (Å²) in [5, 5.41) is 10.8. The number of nitrogens with one attached hydrogen (secondary N) is 2. The summed E-state index contributed by atoms with van der Waals surface area (Å²) < 4.78 is 0. The Bertz CT molecular complexity index is 558. The zero-order chi connectivity index (χ0) is 17.1. The van der Waals surface area contributed by atoms with Crippen molar-refractivity contribution in [3.05, 3.63) is 17.5 Å². The second-order valence-corrected chi connectivity index (χ2v) is 8.23. The lowest BCUT2D eigenvalue weighted by Gasteiger charge is -2.47. The Kier molecular flexibility index (Phi) is 5.43. The van der Waals surface area contributed by atoms with Gasteiger partial charge >= 0.3 is 0 Å². The van der Waals surface area contributed by atoms with Crippen LogP contribution in [0.3, 0.4) is 0 Å². The molecule has 0 amide bonds. The first-order valence-electron chi connectivity index (χ1n) is 9.54. The first kappa shape index (κ1) is 17.1. The van der Waals surface area contributed by atoms with E-state index < -0.39 is 0 Å². The van der Waals surface area contributed by atoms with Gasteiger partial charge in [0.2, 0.25) is 0 Å². The molecule has 6 nitrogen and oxygen atoms in total. The van der Waals surface area contributed by atoms with Gasteiger partial charge in [0.25, 0.3) is 0 Å². The lowest BCUT2D eigenvalue weighted by Crippen LogP contribution is -2.64. The summed E-state index contributed by atoms with van der Waals surface area (Å²) in [4.78, 5) is 12.2. The molecular weight excluding hydrogens is 332 g/mol. The van der Waals surface area contributed by atoms with Gasteiger partial charge < -0.3 is 15.5 Å². The summed E-state index contributed by atoms with van der Waals surface area (Å²) in [6, 6.07) is 5.51. The molecule has 4 saturated heterocycles. The molecule has 2 bridgehead atoms. The maximum Gasteiger partial charge on any atom is 0.191 e. The fraction of sp³-hybridized carbons (Fsp3) is 0.722. The van der Waals surface area contributed by atoms with E-state index in [0.29, 0.717) is 12.1 Å². The number of rotatable bonds is 4. The lowest BCUT2D eigenvalue weighted by molar-refractivity contribution is 0.0154. The van der Waals surface area contributed by atoms with Gasteiger partial charge in [-0.3, -0.25) is 14.8 Å². The zero-order valence-corrected chi connectivity index (χ0v) is 16.0. The molecule has 0 aliphatic carbocycles. The molecule has 0 radical (unpaired) electrons. The van der Waals surface area contributed by atoms with Crippen molar-refractivity contribution in [2.45, 2.75) is 24.9 Å². The van der Waals surface area contributed by atoms with Gasteiger partial charge in [-0.1, -0.05) is 0 Å². The maximum atomic E-state index is 4.45. The van der Waals surface area contributed by atoms with Gasteiger partial charge in [0, 0.05) is 71.5 Å². The second kappa shape index (κ2) is 7.93. The van der Waals surface area contributed by atoms with Crippen LogP contribution >= 0.6 is 11.3 Å². The quantitative estimate of drug-likeness (QED) is 0.615. The van der Waals surface area contributed by atoms with E-state index in [-0.39, 0.29) is 0 Å². The average Bonchev–Trinajstić information content (AvgIpc) is 3.21. The fourth-order valence-electron chi connectivity index (χ4n) is 4.21. The van der Waals surface area contributed by atoms with Crippen LogP contribution in [0, 0.1) is 0 Å². The Morgan fingerprint density at radius 3 is 2.60 bits per heavy atom. The van der Waals surface area contributed by atoms with Gasteiger partial charge in [0.1, 0.15) is 0 Å². The molecule has 5 heterocycles. The molecule has 4 fully saturated rings. The largest absolute Gasteiger partial charge is 0.363 e. The minimum atomic E-state index is 0.522. The number of hydrogen-bond acceptors (Lipinski definition) is 5. The number of aliphatic imine (C=N–C) groups is 1. The highest BCUT2D eigenvalue weighted by Gasteiger charge is 2.31. The molecule has 0 saturated carbocycles. The van der Waals surface area contributed by atoms with Crippen LogP contribution < -0.4 is 15.5 Å². The van der Waals surface area contributed by atoms with E-state index in [1.807, 2.05) is 18.4 Å². The van der Waals surface area contributed by atoms with Crippen molar-refractivity contribution in [3.63, 3.8) is 0 Å². The van der Waals surface area contributed by atoms with Crippen molar-refractivity contribution >= 4 is 22.3 Å². The first-order valence-corrected chi connectivity index (χ1v) is 10.4. The highest BCUT2D eigenvalue weighted by Crippen LogP contribution is 2.24. The number of thiophene rings is 1. The van der Waals surface area contributed by atoms with Crippen molar-refractivity contribution < 1.29 is 0 Å². The van der Waals surface area contributed by atoms with E-state index in [0.717, 1.165) is 25.6 Å². The lowest BCUT2D eigenvalue weighted by atomic mass is 10.1. The van der Waals surface area contributed by atoms with Crippen LogP contribution in [0.4, 0.5) is 5.00 Å². The molecule has 1 atom stereocenters. The Balaban J connectivity index is 1.22. The Hall–Kier alpha value is -1.31. The number of fused-ring (bicyclic) bond motifs is 3. The van der Waals surface area contributed by atoms with Crippen LogP contribution in [0.1, 0.15) is 12.8 Å². The van der Waals surface area contributed by atoms with E-state index in [1.54, 1.807) is 0 Å². The van der Waals surface area contributed by atoms with Crippen LogP contribution in [0.15, 0.2) is 22.5 Å². The van der Waals surface area contributed by atoms with Crippen molar-refractivity contribution in [3.8, 4) is 0 Å². The second-order valence-electron chi connectivity index (χ2n) is 7.30. The molecule has 0 spiro atoms. The third-order valence-electron chi connectivity index (χ3n) is 5.77. The fourth-order valence-corrected chi connectivity index (χ4v) is 5.00. The molecule has 4 aliphatic rings. The molecule has 5 rings (SSSR count). The summed E-state index contributed by atoms with van der Waals surface area (Å²) in [6.45, 7) is 9.37. The monoisotopic (exact) mass is 362 g/mol. The number of piperidine rings is 1. The third-order valence-corrected chi connectivity index (χ3v) is 6.70. The number of guanidine groups is 1. The Morgan fingerprint density at radius 2 is 2.00 bits per heavy atom. The van der Waals surface area contributed by atoms with Crippen LogP contribution in [0.25, 0.3) is 0 Å². The number of hydrogen-bond donors (Lipinski definition) is 2. The maximum absolute atomic E-state index is 4.45. The van der Waals surface area contributed by atoms with Crippen LogP contribution in [0.5, 0.6) is 0 Å². The molecule has 138 valence electrons. The number of piperazine rings is 3. The summed E-state index contributed by atoms with van der Waals surface area (Å²) in [5.41, 5.74) is 0. The van der Waals surface area contributed by atoms with Crippen molar-refractivity contribution in [2.24, 2.45) is 4.99 Å². The van der Waals surface area contributed by atoms with E-state index in [1.165, 1.54) is 50.6 Å². The number of anilines is 1. The highest BCUT2D eigenvalue weighted by atomic mass is 32.1. The Morgan fingerprint density at radius 1 is 1.20 bits per heavy atom. The topological polar surface area (TPSA) is 46.1 Å². The van der Waals surface area contributed by atoms with Gasteiger partial charge in [0.05, 0.1) is 5.00 Å². The third kappa shape index (κ3) is 4.10. The van der Waals surface area contributed by atoms with Gasteiger partial charge in [-0.05, 0) is 30.4 Å². The SMILES string of the molecule is CN=C(NCC1CN2CCN1CC2)NC1CCN(c2cccs2)CC1. The average molecular weight is 363 g/mol. The van der Waals surface area contributed by atoms with Crippen molar-refractivity contribution in [2.75, 3.05) is 64.3 Å². The van der Waals surface area contributed by atoms with E-state index in [2.05, 4.69) is 47.8 Å². The molecule has 25 heavy (non-hydrogen) atoms. The molecule has 1 aromatic rings. The standard InChI is InChI=1S/C18H30N6S/c1-19-18(20-13-16-14-22-8-10-23(16)11-9-22)21-15-4-6-24(7-5-15)17-3-2-12-25-17/h2-3,12,15-16H,4-11,13-14H2,1H3,(H2,19,20,21). The smallest absolute Gasteiger partial charge is 0.191 e. The highest BCUT2D eigenvalue weighted by molar-refractivity contribution is 7.14. The molecule has 2 N–H and O–H groups in total. The van der Waals surface area contributed by atoms with E-state index >= 15 is 0 Å². The number of nitrogens with zero attached hydrogens (tertiary/aromatic N) is 4. The molecule has 4 aliphatic heterocycles. The van der Waals surface area contributed by atoms with Crippen molar-refractivity contribution in [1.82, 2.24) is 20.4 Å². The summed E-state index contributed by atoms with van der Waals surface area (Å²) >= 11 is 1.84. The van der Waals surface area contributed by atoms with Gasteiger partial charge in [-0.2, -0.15) is 0 Å². The summed E-state index contributed by atoms with van der Waals surface area (Å²) in [5.74, 6) is 0.965. The van der Waals surface area contributed by atoms with Crippen LogP contribution in [-0.2, 0) is 0 Å². The van der Waals surface area contributed by atoms with Gasteiger partial charge in [-0.15, -0.1) is 11.3 Å². The normalized spacial score (nSPS) is 30.5. The summed E-state index contributed by atoms with van der Waals surface area (Å²) in [7, 11) is 1.88. The minimum Gasteiger partial charge on any atom is -0.363 e. The molecular formula is C18H30N6S. The Labute approximate surface area is 154 Å². The van der Waals surface area contributed by atoms with Crippen LogP contribution in [0.2, 0.25) is 0 Å². The van der Waals surface area contributed by atoms with Gasteiger partial charge in [-0.25, -0.2) is 0 Å². The summed E-state index contributed by atoms with van der Waals surface area (Å²) in [6.07, 6.45) is 2.34. The predicted octanol–water partition coefficient (Wildman–Crippen LogP) is 0.882. The zero-order valence-electron chi connectivity index (χ0n) is 15.2. The van der Waals surface area contributed by atoms with Gasteiger partial charge in [0.15, 0.2) is 5.96 Å². The minimum absolute atomic E-state index is 0.522. The molecule has 1 unspecified atom stereocenters. The first-order chi connectivity index (χ1) is 12.3. The van der Waals surface area contributed by atoms with E-state index in [4.69, 9.17) is 0 Å². The van der Waals surface area contributed by atoms with Crippen LogP contribution in [-0.4, -0.2) is 87.2 Å². The van der Waals surface area contributed by atoms with E-state index in [9.17, 15) is 0 Å².